The van der Waals surface area contributed by atoms with Crippen molar-refractivity contribution >= 4 is 10.0 Å². The molecule has 6 heteroatoms. The molecule has 0 spiro atoms. The zero-order valence-corrected chi connectivity index (χ0v) is 10.9. The molecule has 1 N–H and O–H groups in total. The first kappa shape index (κ1) is 14.0. The third-order valence-electron chi connectivity index (χ3n) is 2.57. The molecule has 0 atom stereocenters. The van der Waals surface area contributed by atoms with Crippen LogP contribution in [0, 0.1) is 0 Å². The Kier molecular flexibility index (Phi) is 4.50. The maximum absolute atomic E-state index is 12.2. The van der Waals surface area contributed by atoms with Gasteiger partial charge < -0.3 is 9.67 Å². The van der Waals surface area contributed by atoms with E-state index in [-0.39, 0.29) is 18.0 Å². The highest BCUT2D eigenvalue weighted by Gasteiger charge is 2.23. The molecule has 0 aliphatic heterocycles. The molecule has 0 radical (unpaired) electrons. The monoisotopic (exact) mass is 258 g/mol. The summed E-state index contributed by atoms with van der Waals surface area (Å²) in [7, 11) is -1.79. The molecular weight excluding hydrogens is 240 g/mol. The Morgan fingerprint density at radius 2 is 2.24 bits per heavy atom. The maximum atomic E-state index is 12.2. The van der Waals surface area contributed by atoms with Crippen LogP contribution in [0.5, 0.6) is 0 Å². The van der Waals surface area contributed by atoms with Gasteiger partial charge in [-0.1, -0.05) is 13.0 Å². The predicted molar refractivity (Wildman–Crippen MR) is 66.0 cm³/mol. The number of aliphatic hydroxyl groups is 1. The average molecular weight is 258 g/mol. The average Bonchev–Trinajstić information content (AvgIpc) is 2.67. The van der Waals surface area contributed by atoms with Crippen molar-refractivity contribution in [2.24, 2.45) is 7.05 Å². The van der Waals surface area contributed by atoms with Gasteiger partial charge in [-0.25, -0.2) is 8.42 Å². The SMILES string of the molecule is C=CCN(CC)S(=O)(=O)c1cc(CO)n(C)c1. The maximum Gasteiger partial charge on any atom is 0.244 e. The number of nitrogens with zero attached hydrogens (tertiary/aromatic N) is 2. The lowest BCUT2D eigenvalue weighted by atomic mass is 10.5. The van der Waals surface area contributed by atoms with Crippen LogP contribution in [-0.2, 0) is 23.7 Å². The first-order valence-electron chi connectivity index (χ1n) is 5.34. The molecule has 1 aromatic heterocycles. The number of aromatic nitrogens is 1. The number of aryl methyl sites for hydroxylation is 1. The molecule has 0 saturated heterocycles. The molecule has 17 heavy (non-hydrogen) atoms. The standard InChI is InChI=1S/C11H18N2O3S/c1-4-6-13(5-2)17(15,16)11-7-10(9-14)12(3)8-11/h4,7-8,14H,1,5-6,9H2,2-3H3. The van der Waals surface area contributed by atoms with Gasteiger partial charge in [0.25, 0.3) is 0 Å². The molecule has 0 aliphatic carbocycles. The topological polar surface area (TPSA) is 62.5 Å². The molecule has 5 nitrogen and oxygen atoms in total. The first-order valence-corrected chi connectivity index (χ1v) is 6.78. The summed E-state index contributed by atoms with van der Waals surface area (Å²) in [4.78, 5) is 0.202. The summed E-state index contributed by atoms with van der Waals surface area (Å²) in [6.45, 7) is 5.80. The van der Waals surface area contributed by atoms with Crippen LogP contribution in [0.4, 0.5) is 0 Å². The molecule has 1 heterocycles. The summed E-state index contributed by atoms with van der Waals surface area (Å²) in [6.07, 6.45) is 3.06. The van der Waals surface area contributed by atoms with Gasteiger partial charge in [0, 0.05) is 32.0 Å². The van der Waals surface area contributed by atoms with Gasteiger partial charge in [0.1, 0.15) is 4.90 Å². The lowest BCUT2D eigenvalue weighted by Crippen LogP contribution is -2.30. The number of hydrogen-bond donors (Lipinski definition) is 1. The molecule has 0 amide bonds. The fourth-order valence-electron chi connectivity index (χ4n) is 1.57. The molecule has 1 rings (SSSR count). The second-order valence-electron chi connectivity index (χ2n) is 3.68. The molecule has 0 aromatic carbocycles. The molecule has 0 bridgehead atoms. The fraction of sp³-hybridized carbons (Fsp3) is 0.455. The highest BCUT2D eigenvalue weighted by molar-refractivity contribution is 7.89. The van der Waals surface area contributed by atoms with E-state index in [4.69, 9.17) is 5.11 Å². The van der Waals surface area contributed by atoms with Gasteiger partial charge in [0.15, 0.2) is 0 Å². The normalized spacial score (nSPS) is 12.0. The van der Waals surface area contributed by atoms with E-state index >= 15 is 0 Å². The zero-order valence-electron chi connectivity index (χ0n) is 10.1. The minimum atomic E-state index is -3.49. The van der Waals surface area contributed by atoms with E-state index < -0.39 is 10.0 Å². The Labute approximate surface area is 102 Å². The van der Waals surface area contributed by atoms with E-state index in [2.05, 4.69) is 6.58 Å². The van der Waals surface area contributed by atoms with Gasteiger partial charge in [-0.2, -0.15) is 4.31 Å². The number of sulfonamides is 1. The van der Waals surface area contributed by atoms with Gasteiger partial charge in [-0.05, 0) is 6.07 Å². The lowest BCUT2D eigenvalue weighted by Gasteiger charge is -2.17. The third-order valence-corrected chi connectivity index (χ3v) is 4.47. The van der Waals surface area contributed by atoms with E-state index in [1.807, 2.05) is 0 Å². The van der Waals surface area contributed by atoms with Crippen molar-refractivity contribution in [3.63, 3.8) is 0 Å². The zero-order chi connectivity index (χ0) is 13.1. The van der Waals surface area contributed by atoms with Crippen molar-refractivity contribution in [1.29, 1.82) is 0 Å². The number of aliphatic hydroxyl groups excluding tert-OH is 1. The highest BCUT2D eigenvalue weighted by Crippen LogP contribution is 2.18. The summed E-state index contributed by atoms with van der Waals surface area (Å²) >= 11 is 0. The van der Waals surface area contributed by atoms with Crippen LogP contribution in [0.2, 0.25) is 0 Å². The Balaban J connectivity index is 3.15. The van der Waals surface area contributed by atoms with E-state index in [9.17, 15) is 8.42 Å². The number of hydrogen-bond acceptors (Lipinski definition) is 3. The van der Waals surface area contributed by atoms with Gasteiger partial charge in [-0.15, -0.1) is 6.58 Å². The molecule has 1 aromatic rings. The first-order chi connectivity index (χ1) is 7.97. The molecule has 0 fully saturated rings. The second kappa shape index (κ2) is 5.48. The van der Waals surface area contributed by atoms with E-state index in [0.717, 1.165) is 0 Å². The molecular formula is C11H18N2O3S. The van der Waals surface area contributed by atoms with E-state index in [1.165, 1.54) is 16.6 Å². The van der Waals surface area contributed by atoms with Crippen LogP contribution in [0.15, 0.2) is 29.8 Å². The van der Waals surface area contributed by atoms with Gasteiger partial charge in [0.05, 0.1) is 6.61 Å². The molecule has 0 unspecified atom stereocenters. The van der Waals surface area contributed by atoms with Crippen molar-refractivity contribution in [2.75, 3.05) is 13.1 Å². The van der Waals surface area contributed by atoms with Gasteiger partial charge in [-0.3, -0.25) is 0 Å². The largest absolute Gasteiger partial charge is 0.390 e. The Bertz CT molecular complexity index is 491. The summed E-state index contributed by atoms with van der Waals surface area (Å²) in [5.74, 6) is 0. The summed E-state index contributed by atoms with van der Waals surface area (Å²) in [6, 6.07) is 1.49. The molecule has 0 aliphatic rings. The minimum absolute atomic E-state index is 0.181. The van der Waals surface area contributed by atoms with Crippen LogP contribution >= 0.6 is 0 Å². The van der Waals surface area contributed by atoms with Gasteiger partial charge in [0.2, 0.25) is 10.0 Å². The second-order valence-corrected chi connectivity index (χ2v) is 5.62. The summed E-state index contributed by atoms with van der Waals surface area (Å²) < 4.78 is 27.4. The Morgan fingerprint density at radius 1 is 1.59 bits per heavy atom. The van der Waals surface area contributed by atoms with Crippen LogP contribution in [0.1, 0.15) is 12.6 Å². The van der Waals surface area contributed by atoms with Crippen molar-refractivity contribution in [3.8, 4) is 0 Å². The lowest BCUT2D eigenvalue weighted by molar-refractivity contribution is 0.272. The van der Waals surface area contributed by atoms with Crippen LogP contribution in [-0.4, -0.2) is 35.5 Å². The fourth-order valence-corrected chi connectivity index (χ4v) is 3.08. The minimum Gasteiger partial charge on any atom is -0.390 e. The quantitative estimate of drug-likeness (QED) is 0.765. The van der Waals surface area contributed by atoms with Crippen LogP contribution < -0.4 is 0 Å². The third kappa shape index (κ3) is 2.77. The smallest absolute Gasteiger partial charge is 0.244 e. The van der Waals surface area contributed by atoms with Gasteiger partial charge >= 0.3 is 0 Å². The van der Waals surface area contributed by atoms with Crippen molar-refractivity contribution in [3.05, 3.63) is 30.6 Å². The number of likely N-dealkylation sites (N-methyl/N-ethyl adjacent to an activating group) is 1. The molecule has 96 valence electrons. The summed E-state index contributed by atoms with van der Waals surface area (Å²) in [5, 5.41) is 9.05. The number of rotatable bonds is 6. The van der Waals surface area contributed by atoms with Crippen LogP contribution in [0.3, 0.4) is 0 Å². The molecule has 0 saturated carbocycles. The highest BCUT2D eigenvalue weighted by atomic mass is 32.2. The van der Waals surface area contributed by atoms with Crippen LogP contribution in [0.25, 0.3) is 0 Å². The Hall–Kier alpha value is -1.11. The summed E-state index contributed by atoms with van der Waals surface area (Å²) in [5.41, 5.74) is 0.568. The van der Waals surface area contributed by atoms with Crippen molar-refractivity contribution in [1.82, 2.24) is 8.87 Å². The van der Waals surface area contributed by atoms with Crippen molar-refractivity contribution < 1.29 is 13.5 Å². The van der Waals surface area contributed by atoms with Crippen molar-refractivity contribution in [2.45, 2.75) is 18.4 Å². The Morgan fingerprint density at radius 3 is 2.65 bits per heavy atom. The predicted octanol–water partition coefficient (Wildman–Crippen LogP) is 0.714. The van der Waals surface area contributed by atoms with E-state index in [1.54, 1.807) is 24.6 Å². The van der Waals surface area contributed by atoms with E-state index in [0.29, 0.717) is 12.2 Å².